The lowest BCUT2D eigenvalue weighted by molar-refractivity contribution is -0.140. The minimum atomic E-state index is -4.26. The number of rotatable bonds is 3. The van der Waals surface area contributed by atoms with E-state index in [1.165, 1.54) is 0 Å². The van der Waals surface area contributed by atoms with Gasteiger partial charge in [0.2, 0.25) is 0 Å². The smallest absolute Gasteiger partial charge is 0.425 e. The van der Waals surface area contributed by atoms with Gasteiger partial charge in [-0.3, -0.25) is 4.79 Å². The van der Waals surface area contributed by atoms with Crippen LogP contribution in [0.3, 0.4) is 0 Å². The molecule has 0 aromatic heterocycles. The van der Waals surface area contributed by atoms with Gasteiger partial charge < -0.3 is 4.74 Å². The molecule has 4 aliphatic rings. The summed E-state index contributed by atoms with van der Waals surface area (Å²) in [7, 11) is -4.26. The number of nitrogens with two attached hydrogens (primary N) is 1. The Bertz CT molecular complexity index is 680. The Hall–Kier alpha value is -1.15. The number of Topliss-reactive ketones (excluding diaryl/α,β-unsaturated/α-hetero) is 1. The predicted molar refractivity (Wildman–Crippen MR) is 91.6 cm³/mol. The van der Waals surface area contributed by atoms with Crippen LogP contribution < -0.4 is 5.14 Å². The molecule has 2 N–H and O–H groups in total. The number of hydrogen-bond acceptors (Lipinski definition) is 5. The van der Waals surface area contributed by atoms with E-state index < -0.39 is 27.4 Å². The average Bonchev–Trinajstić information content (AvgIpc) is 2.31. The Morgan fingerprint density at radius 1 is 1.12 bits per heavy atom. The summed E-state index contributed by atoms with van der Waals surface area (Å²) < 4.78 is 30.8. The van der Waals surface area contributed by atoms with Crippen molar-refractivity contribution in [2.75, 3.05) is 0 Å². The van der Waals surface area contributed by atoms with Crippen molar-refractivity contribution in [3.63, 3.8) is 0 Å². The lowest BCUT2D eigenvalue weighted by Gasteiger charge is -2.61. The molecule has 4 aliphatic carbocycles. The molecule has 2 atom stereocenters. The fourth-order valence-corrected chi connectivity index (χ4v) is 6.77. The minimum absolute atomic E-state index is 0.0226. The zero-order valence-corrected chi connectivity index (χ0v) is 16.1. The first-order valence-corrected chi connectivity index (χ1v) is 10.4. The molecular weight excluding hydrogens is 344 g/mol. The van der Waals surface area contributed by atoms with E-state index in [1.54, 1.807) is 27.7 Å². The van der Waals surface area contributed by atoms with Gasteiger partial charge in [-0.05, 0) is 77.6 Å². The van der Waals surface area contributed by atoms with Crippen molar-refractivity contribution in [1.82, 2.24) is 4.31 Å². The largest absolute Gasteiger partial charge is 0.443 e. The van der Waals surface area contributed by atoms with Crippen LogP contribution in [0.4, 0.5) is 4.79 Å². The first-order valence-electron chi connectivity index (χ1n) is 8.89. The van der Waals surface area contributed by atoms with Gasteiger partial charge in [0.05, 0.1) is 5.54 Å². The molecular formula is C17H28N2O5S. The zero-order chi connectivity index (χ0) is 18.8. The van der Waals surface area contributed by atoms with Crippen molar-refractivity contribution in [3.8, 4) is 0 Å². The minimum Gasteiger partial charge on any atom is -0.443 e. The van der Waals surface area contributed by atoms with Crippen LogP contribution in [-0.2, 0) is 19.7 Å². The summed E-state index contributed by atoms with van der Waals surface area (Å²) in [5.74, 6) is 0.722. The van der Waals surface area contributed by atoms with Crippen molar-refractivity contribution in [2.45, 2.75) is 70.9 Å². The summed E-state index contributed by atoms with van der Waals surface area (Å²) in [6.07, 6.45) is 2.56. The second-order valence-corrected chi connectivity index (χ2v) is 10.5. The number of ketones is 1. The lowest BCUT2D eigenvalue weighted by atomic mass is 9.48. The highest BCUT2D eigenvalue weighted by molar-refractivity contribution is 7.87. The van der Waals surface area contributed by atoms with Crippen LogP contribution in [0.1, 0.15) is 59.8 Å². The first-order chi connectivity index (χ1) is 11.3. The van der Waals surface area contributed by atoms with Crippen LogP contribution in [0, 0.1) is 23.7 Å². The van der Waals surface area contributed by atoms with Crippen molar-refractivity contribution in [2.24, 2.45) is 28.8 Å². The van der Waals surface area contributed by atoms with Crippen LogP contribution >= 0.6 is 0 Å². The normalized spacial score (nSPS) is 37.0. The molecule has 7 nitrogen and oxygen atoms in total. The van der Waals surface area contributed by atoms with Crippen LogP contribution in [0.25, 0.3) is 0 Å². The Kier molecular flexibility index (Phi) is 4.23. The molecule has 4 rings (SSSR count). The van der Waals surface area contributed by atoms with Gasteiger partial charge in [-0.2, -0.15) is 12.7 Å². The van der Waals surface area contributed by atoms with Crippen LogP contribution in [-0.4, -0.2) is 35.7 Å². The summed E-state index contributed by atoms with van der Waals surface area (Å²) in [5.41, 5.74) is -1.66. The highest BCUT2D eigenvalue weighted by atomic mass is 32.2. The van der Waals surface area contributed by atoms with E-state index >= 15 is 0 Å². The molecule has 0 aromatic carbocycles. The van der Waals surface area contributed by atoms with Gasteiger partial charge in [-0.15, -0.1) is 0 Å². The lowest BCUT2D eigenvalue weighted by Crippen LogP contribution is -2.67. The number of carbonyl (C=O) groups excluding carboxylic acids is 2. The van der Waals surface area contributed by atoms with Crippen molar-refractivity contribution in [1.29, 1.82) is 0 Å². The highest BCUT2D eigenvalue weighted by Crippen LogP contribution is 2.60. The van der Waals surface area contributed by atoms with E-state index in [1.807, 2.05) is 0 Å². The maximum Gasteiger partial charge on any atom is 0.425 e. The predicted octanol–water partition coefficient (Wildman–Crippen LogP) is 2.21. The second-order valence-electron chi connectivity index (χ2n) is 9.12. The molecule has 0 spiro atoms. The number of nitrogens with zero attached hydrogens (tertiary/aromatic N) is 1. The van der Waals surface area contributed by atoms with Gasteiger partial charge in [-0.25, -0.2) is 9.93 Å². The molecule has 142 valence electrons. The summed E-state index contributed by atoms with van der Waals surface area (Å²) in [6, 6.07) is 0. The van der Waals surface area contributed by atoms with E-state index in [0.29, 0.717) is 25.2 Å². The standard InChI is InChI=1S/C17H28N2O5S/c1-10(20)14-12-5-11-6-13(14)9-17(7-11,8-12)19(25(18,22)23)15(21)24-16(2,3)4/h11-14H,5-9H2,1-4H3,(H2,18,22,23). The maximum absolute atomic E-state index is 12.7. The van der Waals surface area contributed by atoms with E-state index in [0.717, 1.165) is 17.1 Å². The number of hydrogen-bond donors (Lipinski definition) is 1. The molecule has 2 unspecified atom stereocenters. The number of ether oxygens (including phenoxy) is 1. The molecule has 1 amide bonds. The molecule has 0 aliphatic heterocycles. The second kappa shape index (κ2) is 5.67. The Labute approximate surface area is 149 Å². The summed E-state index contributed by atoms with van der Waals surface area (Å²) >= 11 is 0. The number of amides is 1. The van der Waals surface area contributed by atoms with Crippen molar-refractivity contribution < 1.29 is 22.7 Å². The van der Waals surface area contributed by atoms with E-state index in [4.69, 9.17) is 9.88 Å². The van der Waals surface area contributed by atoms with Gasteiger partial charge in [-0.1, -0.05) is 0 Å². The topological polar surface area (TPSA) is 107 Å². The molecule has 4 saturated carbocycles. The van der Waals surface area contributed by atoms with Gasteiger partial charge in [0, 0.05) is 5.92 Å². The van der Waals surface area contributed by atoms with Crippen LogP contribution in [0.5, 0.6) is 0 Å². The van der Waals surface area contributed by atoms with Gasteiger partial charge in [0.15, 0.2) is 0 Å². The Morgan fingerprint density at radius 2 is 1.64 bits per heavy atom. The molecule has 0 radical (unpaired) electrons. The molecule has 4 fully saturated rings. The SMILES string of the molecule is CC(=O)C1C2CC3CC1CC(N(C(=O)OC(C)(C)C)S(N)(=O)=O)(C3)C2. The van der Waals surface area contributed by atoms with Gasteiger partial charge in [0.1, 0.15) is 11.4 Å². The molecule has 4 bridgehead atoms. The highest BCUT2D eigenvalue weighted by Gasteiger charge is 2.61. The van der Waals surface area contributed by atoms with Crippen molar-refractivity contribution >= 4 is 22.1 Å². The van der Waals surface area contributed by atoms with Crippen LogP contribution in [0.2, 0.25) is 0 Å². The third-order valence-corrected chi connectivity index (χ3v) is 7.00. The molecule has 8 heteroatoms. The monoisotopic (exact) mass is 372 g/mol. The summed E-state index contributed by atoms with van der Waals surface area (Å²) in [5, 5.41) is 5.45. The van der Waals surface area contributed by atoms with E-state index in [2.05, 4.69) is 0 Å². The fraction of sp³-hybridized carbons (Fsp3) is 0.882. The van der Waals surface area contributed by atoms with E-state index in [-0.39, 0.29) is 23.5 Å². The van der Waals surface area contributed by atoms with Gasteiger partial charge >= 0.3 is 16.3 Å². The maximum atomic E-state index is 12.7. The Balaban J connectivity index is 1.97. The first kappa shape index (κ1) is 18.6. The summed E-state index contributed by atoms with van der Waals surface area (Å²) in [4.78, 5) is 24.8. The molecule has 25 heavy (non-hydrogen) atoms. The Morgan fingerprint density at radius 3 is 2.04 bits per heavy atom. The summed E-state index contributed by atoms with van der Waals surface area (Å²) in [6.45, 7) is 6.69. The average molecular weight is 372 g/mol. The third kappa shape index (κ3) is 3.30. The van der Waals surface area contributed by atoms with Gasteiger partial charge in [0.25, 0.3) is 0 Å². The number of carbonyl (C=O) groups is 2. The molecule has 0 saturated heterocycles. The molecule has 0 aromatic rings. The van der Waals surface area contributed by atoms with Crippen molar-refractivity contribution in [3.05, 3.63) is 0 Å². The quantitative estimate of drug-likeness (QED) is 0.817. The van der Waals surface area contributed by atoms with Crippen LogP contribution in [0.15, 0.2) is 0 Å². The third-order valence-electron chi connectivity index (χ3n) is 5.95. The zero-order valence-electron chi connectivity index (χ0n) is 15.3. The van der Waals surface area contributed by atoms with E-state index in [9.17, 15) is 18.0 Å². The molecule has 0 heterocycles. The fourth-order valence-electron chi connectivity index (χ4n) is 5.76.